The summed E-state index contributed by atoms with van der Waals surface area (Å²) >= 11 is 10.1. The van der Waals surface area contributed by atoms with E-state index in [1.807, 2.05) is 6.08 Å². The fourth-order valence-corrected chi connectivity index (χ4v) is 2.55. The molecule has 1 heterocycles. The molecule has 0 unspecified atom stereocenters. The molecule has 4 atom stereocenters. The highest BCUT2D eigenvalue weighted by Crippen LogP contribution is 2.26. The highest BCUT2D eigenvalue weighted by atomic mass is 79.9. The number of ether oxygens (including phenoxy) is 1. The quantitative estimate of drug-likeness (QED) is 0.420. The first kappa shape index (κ1) is 15.8. The largest absolute Gasteiger partial charge is 0.372 e. The van der Waals surface area contributed by atoms with Crippen LogP contribution >= 0.6 is 27.5 Å². The average Bonchev–Trinajstić information content (AvgIpc) is 2.37. The summed E-state index contributed by atoms with van der Waals surface area (Å²) in [5.41, 5.74) is 0. The van der Waals surface area contributed by atoms with Gasteiger partial charge in [-0.15, -0.1) is 18.0 Å². The Morgan fingerprint density at radius 1 is 1.56 bits per heavy atom. The summed E-state index contributed by atoms with van der Waals surface area (Å²) in [6, 6.07) is 0. The molecule has 0 aromatic rings. The number of halogens is 2. The van der Waals surface area contributed by atoms with Crippen LogP contribution in [0.5, 0.6) is 0 Å². The molecule has 0 fully saturated rings. The smallest absolute Gasteiger partial charge is 0.0780 e. The molecule has 100 valence electrons. The van der Waals surface area contributed by atoms with Crippen molar-refractivity contribution in [1.82, 2.24) is 0 Å². The predicted molar refractivity (Wildman–Crippen MR) is 82.3 cm³/mol. The average molecular weight is 332 g/mol. The van der Waals surface area contributed by atoms with Gasteiger partial charge in [0.2, 0.25) is 0 Å². The van der Waals surface area contributed by atoms with Gasteiger partial charge >= 0.3 is 0 Å². The lowest BCUT2D eigenvalue weighted by Gasteiger charge is -2.30. The van der Waals surface area contributed by atoms with Gasteiger partial charge in [-0.1, -0.05) is 47.0 Å². The van der Waals surface area contributed by atoms with Crippen molar-refractivity contribution >= 4 is 27.5 Å². The molecule has 0 aliphatic carbocycles. The maximum atomic E-state index is 6.37. The Bertz CT molecular complexity index is 332. The summed E-state index contributed by atoms with van der Waals surface area (Å²) in [5.74, 6) is 2.49. The first-order valence-corrected chi connectivity index (χ1v) is 7.74. The standard InChI is InChI=1S/C15H20BrClO/c1-3-5-6-11-15-13(17)9-7-8-10-14(18-15)12(16)4-2/h1,5-8,12-15H,4,9-11H2,2H3/b6-5+,8-7-/t12-,13+,14-,15+/m0/s1. The second kappa shape index (κ2) is 8.80. The van der Waals surface area contributed by atoms with E-state index in [9.17, 15) is 0 Å². The van der Waals surface area contributed by atoms with Gasteiger partial charge in [-0.25, -0.2) is 0 Å². The highest BCUT2D eigenvalue weighted by molar-refractivity contribution is 9.09. The summed E-state index contributed by atoms with van der Waals surface area (Å²) in [4.78, 5) is 0.364. The van der Waals surface area contributed by atoms with E-state index in [-0.39, 0.29) is 17.6 Å². The number of terminal acetylenes is 1. The van der Waals surface area contributed by atoms with Crippen LogP contribution in [-0.2, 0) is 4.74 Å². The Morgan fingerprint density at radius 2 is 2.28 bits per heavy atom. The van der Waals surface area contributed by atoms with E-state index >= 15 is 0 Å². The Kier molecular flexibility index (Phi) is 7.74. The van der Waals surface area contributed by atoms with Crippen molar-refractivity contribution < 1.29 is 4.74 Å². The maximum Gasteiger partial charge on any atom is 0.0780 e. The second-order valence-corrected chi connectivity index (χ2v) is 6.14. The van der Waals surface area contributed by atoms with Crippen LogP contribution in [0.25, 0.3) is 0 Å². The Hall–Kier alpha value is -0.230. The number of rotatable bonds is 4. The minimum atomic E-state index is 0.00281. The molecule has 0 aromatic carbocycles. The van der Waals surface area contributed by atoms with Gasteiger partial charge in [0.05, 0.1) is 17.6 Å². The van der Waals surface area contributed by atoms with Crippen LogP contribution in [0.3, 0.4) is 0 Å². The van der Waals surface area contributed by atoms with E-state index in [4.69, 9.17) is 22.8 Å². The van der Waals surface area contributed by atoms with Gasteiger partial charge in [0.15, 0.2) is 0 Å². The van der Waals surface area contributed by atoms with Gasteiger partial charge < -0.3 is 4.74 Å². The van der Waals surface area contributed by atoms with Crippen molar-refractivity contribution in [3.8, 4) is 12.3 Å². The molecule has 0 saturated carbocycles. The molecular formula is C15H20BrClO. The summed E-state index contributed by atoms with van der Waals surface area (Å²) in [5, 5.41) is 0.00281. The molecule has 0 saturated heterocycles. The van der Waals surface area contributed by atoms with E-state index in [2.05, 4.69) is 40.9 Å². The zero-order chi connectivity index (χ0) is 13.4. The normalized spacial score (nSPS) is 32.4. The van der Waals surface area contributed by atoms with Gasteiger partial charge in [-0.3, -0.25) is 0 Å². The molecule has 1 rings (SSSR count). The zero-order valence-corrected chi connectivity index (χ0v) is 13.0. The van der Waals surface area contributed by atoms with Crippen LogP contribution in [-0.4, -0.2) is 22.4 Å². The second-order valence-electron chi connectivity index (χ2n) is 4.40. The van der Waals surface area contributed by atoms with Gasteiger partial charge in [0.25, 0.3) is 0 Å². The zero-order valence-electron chi connectivity index (χ0n) is 10.7. The number of hydrogen-bond donors (Lipinski definition) is 0. The fraction of sp³-hybridized carbons (Fsp3) is 0.600. The van der Waals surface area contributed by atoms with Gasteiger partial charge in [0.1, 0.15) is 0 Å². The van der Waals surface area contributed by atoms with E-state index in [1.165, 1.54) is 0 Å². The molecule has 1 aliphatic heterocycles. The first-order valence-electron chi connectivity index (χ1n) is 6.38. The van der Waals surface area contributed by atoms with Crippen LogP contribution in [0, 0.1) is 12.3 Å². The van der Waals surface area contributed by atoms with Crippen molar-refractivity contribution in [2.75, 3.05) is 0 Å². The van der Waals surface area contributed by atoms with Crippen molar-refractivity contribution in [2.24, 2.45) is 0 Å². The molecule has 1 aliphatic rings. The third-order valence-electron chi connectivity index (χ3n) is 3.03. The predicted octanol–water partition coefficient (Wildman–Crippen LogP) is 4.45. The topological polar surface area (TPSA) is 9.23 Å². The van der Waals surface area contributed by atoms with Crippen molar-refractivity contribution in [3.05, 3.63) is 24.3 Å². The van der Waals surface area contributed by atoms with E-state index < -0.39 is 0 Å². The molecule has 0 spiro atoms. The summed E-state index contributed by atoms with van der Waals surface area (Å²) in [6.45, 7) is 2.15. The van der Waals surface area contributed by atoms with Crippen LogP contribution in [0.1, 0.15) is 32.6 Å². The van der Waals surface area contributed by atoms with Crippen molar-refractivity contribution in [1.29, 1.82) is 0 Å². The number of hydrogen-bond acceptors (Lipinski definition) is 1. The van der Waals surface area contributed by atoms with Gasteiger partial charge in [0, 0.05) is 4.83 Å². The van der Waals surface area contributed by atoms with Crippen LogP contribution in [0.2, 0.25) is 0 Å². The Labute approximate surface area is 124 Å². The third-order valence-corrected chi connectivity index (χ3v) is 4.72. The van der Waals surface area contributed by atoms with Gasteiger partial charge in [-0.05, 0) is 31.8 Å². The number of allylic oxidation sites excluding steroid dienone is 2. The lowest BCUT2D eigenvalue weighted by molar-refractivity contribution is -0.0122. The van der Waals surface area contributed by atoms with Crippen LogP contribution < -0.4 is 0 Å². The highest BCUT2D eigenvalue weighted by Gasteiger charge is 2.26. The van der Waals surface area contributed by atoms with E-state index in [0.717, 1.165) is 25.7 Å². The lowest BCUT2D eigenvalue weighted by Crippen LogP contribution is -2.34. The molecular weight excluding hydrogens is 312 g/mol. The van der Waals surface area contributed by atoms with Crippen LogP contribution in [0.4, 0.5) is 0 Å². The van der Waals surface area contributed by atoms with Crippen LogP contribution in [0.15, 0.2) is 24.3 Å². The van der Waals surface area contributed by atoms with E-state index in [0.29, 0.717) is 4.83 Å². The fourth-order valence-electron chi connectivity index (χ4n) is 1.94. The Morgan fingerprint density at radius 3 is 2.94 bits per heavy atom. The summed E-state index contributed by atoms with van der Waals surface area (Å²) in [7, 11) is 0. The molecule has 0 amide bonds. The summed E-state index contributed by atoms with van der Waals surface area (Å²) in [6.07, 6.45) is 17.0. The molecule has 0 radical (unpaired) electrons. The molecule has 1 nitrogen and oxygen atoms in total. The monoisotopic (exact) mass is 330 g/mol. The maximum absolute atomic E-state index is 6.37. The SMILES string of the molecule is C#C/C=C/C[C@H]1O[C@H]([C@@H](Br)CC)C/C=C\C[C@H]1Cl. The molecule has 0 N–H and O–H groups in total. The lowest BCUT2D eigenvalue weighted by atomic mass is 10.0. The van der Waals surface area contributed by atoms with Crippen molar-refractivity contribution in [3.63, 3.8) is 0 Å². The third kappa shape index (κ3) is 5.18. The molecule has 0 aromatic heterocycles. The minimum absolute atomic E-state index is 0.00281. The molecule has 18 heavy (non-hydrogen) atoms. The van der Waals surface area contributed by atoms with E-state index in [1.54, 1.807) is 6.08 Å². The minimum Gasteiger partial charge on any atom is -0.372 e. The molecule has 3 heteroatoms. The van der Waals surface area contributed by atoms with Gasteiger partial charge in [-0.2, -0.15) is 0 Å². The van der Waals surface area contributed by atoms with Crippen molar-refractivity contribution in [2.45, 2.75) is 55.0 Å². The molecule has 0 bridgehead atoms. The Balaban J connectivity index is 2.69. The summed E-state index contributed by atoms with van der Waals surface area (Å²) < 4.78 is 6.15. The number of alkyl halides is 2. The first-order chi connectivity index (χ1) is 8.69.